The van der Waals surface area contributed by atoms with E-state index >= 15 is 0 Å². The van der Waals surface area contributed by atoms with Gasteiger partial charge in [-0.3, -0.25) is 9.59 Å². The van der Waals surface area contributed by atoms with E-state index in [-0.39, 0.29) is 24.3 Å². The Balaban J connectivity index is 1.36. The van der Waals surface area contributed by atoms with Crippen LogP contribution in [0.1, 0.15) is 23.9 Å². The summed E-state index contributed by atoms with van der Waals surface area (Å²) in [6.07, 6.45) is 0.758. The SMILES string of the molecule is COc1cccc(N2CC(C(=O)N[C@@H](Cc3ccccc3)c3nc4ccccc4[nH]3)CC2=O)c1. The number of aromatic nitrogens is 2. The Morgan fingerprint density at radius 1 is 1.12 bits per heavy atom. The highest BCUT2D eigenvalue weighted by Gasteiger charge is 2.36. The van der Waals surface area contributed by atoms with Crippen molar-refractivity contribution in [2.24, 2.45) is 5.92 Å². The van der Waals surface area contributed by atoms with Crippen LogP contribution in [0.2, 0.25) is 0 Å². The first-order valence-corrected chi connectivity index (χ1v) is 11.3. The number of ether oxygens (including phenoxy) is 1. The zero-order valence-corrected chi connectivity index (χ0v) is 18.9. The van der Waals surface area contributed by atoms with Crippen molar-refractivity contribution < 1.29 is 14.3 Å². The highest BCUT2D eigenvalue weighted by atomic mass is 16.5. The second-order valence-electron chi connectivity index (χ2n) is 8.50. The molecule has 0 radical (unpaired) electrons. The van der Waals surface area contributed by atoms with Crippen LogP contribution in [0.3, 0.4) is 0 Å². The Labute approximate surface area is 197 Å². The van der Waals surface area contributed by atoms with Crippen molar-refractivity contribution >= 4 is 28.5 Å². The lowest BCUT2D eigenvalue weighted by Gasteiger charge is -2.20. The molecule has 1 aromatic heterocycles. The molecule has 2 amide bonds. The van der Waals surface area contributed by atoms with E-state index in [2.05, 4.69) is 10.3 Å². The van der Waals surface area contributed by atoms with Gasteiger partial charge in [-0.05, 0) is 36.2 Å². The zero-order chi connectivity index (χ0) is 23.5. The Bertz CT molecular complexity index is 1280. The van der Waals surface area contributed by atoms with Crippen molar-refractivity contribution in [2.45, 2.75) is 18.9 Å². The van der Waals surface area contributed by atoms with Crippen LogP contribution in [0.25, 0.3) is 11.0 Å². The van der Waals surface area contributed by atoms with Gasteiger partial charge < -0.3 is 19.9 Å². The number of hydrogen-bond acceptors (Lipinski definition) is 4. The van der Waals surface area contributed by atoms with Crippen LogP contribution in [-0.4, -0.2) is 35.4 Å². The molecule has 0 spiro atoms. The average Bonchev–Trinajstić information content (AvgIpc) is 3.48. The third-order valence-electron chi connectivity index (χ3n) is 6.20. The molecule has 0 aliphatic carbocycles. The van der Waals surface area contributed by atoms with Crippen molar-refractivity contribution in [1.82, 2.24) is 15.3 Å². The van der Waals surface area contributed by atoms with Gasteiger partial charge in [0, 0.05) is 24.7 Å². The molecule has 34 heavy (non-hydrogen) atoms. The van der Waals surface area contributed by atoms with Crippen LogP contribution in [-0.2, 0) is 16.0 Å². The van der Waals surface area contributed by atoms with Gasteiger partial charge in [0.05, 0.1) is 30.1 Å². The molecule has 1 aliphatic rings. The van der Waals surface area contributed by atoms with Crippen molar-refractivity contribution in [3.8, 4) is 5.75 Å². The molecule has 2 atom stereocenters. The molecule has 0 saturated carbocycles. The number of anilines is 1. The van der Waals surface area contributed by atoms with Gasteiger partial charge in [0.2, 0.25) is 11.8 Å². The predicted octanol–water partition coefficient (Wildman–Crippen LogP) is 4.02. The summed E-state index contributed by atoms with van der Waals surface area (Å²) < 4.78 is 5.28. The minimum absolute atomic E-state index is 0.0725. The van der Waals surface area contributed by atoms with E-state index in [0.717, 1.165) is 22.3 Å². The molecule has 0 bridgehead atoms. The summed E-state index contributed by atoms with van der Waals surface area (Å²) in [5.41, 5.74) is 3.60. The number of carbonyl (C=O) groups is 2. The lowest BCUT2D eigenvalue weighted by molar-refractivity contribution is -0.127. The molecule has 2 N–H and O–H groups in total. The van der Waals surface area contributed by atoms with Crippen LogP contribution in [0.15, 0.2) is 78.9 Å². The number of nitrogens with zero attached hydrogens (tertiary/aromatic N) is 2. The molecule has 1 saturated heterocycles. The van der Waals surface area contributed by atoms with Gasteiger partial charge in [0.25, 0.3) is 0 Å². The molecule has 172 valence electrons. The van der Waals surface area contributed by atoms with Gasteiger partial charge in [-0.2, -0.15) is 0 Å². The number of para-hydroxylation sites is 2. The fourth-order valence-corrected chi connectivity index (χ4v) is 4.40. The summed E-state index contributed by atoms with van der Waals surface area (Å²) in [4.78, 5) is 35.8. The van der Waals surface area contributed by atoms with E-state index in [1.165, 1.54) is 0 Å². The highest BCUT2D eigenvalue weighted by Crippen LogP contribution is 2.29. The molecule has 1 aliphatic heterocycles. The standard InChI is InChI=1S/C27H26N4O3/c1-34-21-11-7-10-20(16-21)31-17-19(15-25(31)32)27(33)30-24(14-18-8-3-2-4-9-18)26-28-22-12-5-6-13-23(22)29-26/h2-13,16,19,24H,14-15,17H2,1H3,(H,28,29)(H,30,33)/t19?,24-/m0/s1. The molecular weight excluding hydrogens is 428 g/mol. The largest absolute Gasteiger partial charge is 0.497 e. The number of fused-ring (bicyclic) bond motifs is 1. The van der Waals surface area contributed by atoms with Gasteiger partial charge in [-0.25, -0.2) is 4.98 Å². The smallest absolute Gasteiger partial charge is 0.227 e. The lowest BCUT2D eigenvalue weighted by Crippen LogP contribution is -2.37. The maximum Gasteiger partial charge on any atom is 0.227 e. The maximum absolute atomic E-state index is 13.3. The van der Waals surface area contributed by atoms with Gasteiger partial charge in [-0.1, -0.05) is 48.5 Å². The average molecular weight is 455 g/mol. The molecule has 1 unspecified atom stereocenters. The van der Waals surface area contributed by atoms with E-state index in [9.17, 15) is 9.59 Å². The van der Waals surface area contributed by atoms with Crippen molar-refractivity contribution in [1.29, 1.82) is 0 Å². The Morgan fingerprint density at radius 3 is 2.71 bits per heavy atom. The highest BCUT2D eigenvalue weighted by molar-refractivity contribution is 6.00. The molecule has 7 heteroatoms. The predicted molar refractivity (Wildman–Crippen MR) is 131 cm³/mol. The molecule has 2 heterocycles. The molecule has 5 rings (SSSR count). The van der Waals surface area contributed by atoms with E-state index in [1.807, 2.05) is 78.9 Å². The number of imidazole rings is 1. The summed E-state index contributed by atoms with van der Waals surface area (Å²) in [5.74, 6) is 0.705. The van der Waals surface area contributed by atoms with Gasteiger partial charge >= 0.3 is 0 Å². The van der Waals surface area contributed by atoms with Crippen molar-refractivity contribution in [3.05, 3.63) is 90.3 Å². The van der Waals surface area contributed by atoms with Gasteiger partial charge in [0.15, 0.2) is 0 Å². The number of hydrogen-bond donors (Lipinski definition) is 2. The third-order valence-corrected chi connectivity index (χ3v) is 6.20. The number of carbonyl (C=O) groups excluding carboxylic acids is 2. The summed E-state index contributed by atoms with van der Waals surface area (Å²) in [7, 11) is 1.59. The number of rotatable bonds is 7. The van der Waals surface area contributed by atoms with Crippen LogP contribution in [0.4, 0.5) is 5.69 Å². The number of H-pyrrole nitrogens is 1. The quantitative estimate of drug-likeness (QED) is 0.442. The molecule has 1 fully saturated rings. The van der Waals surface area contributed by atoms with E-state index in [1.54, 1.807) is 12.0 Å². The van der Waals surface area contributed by atoms with Crippen LogP contribution in [0.5, 0.6) is 5.75 Å². The zero-order valence-electron chi connectivity index (χ0n) is 18.9. The molecule has 4 aromatic rings. The Morgan fingerprint density at radius 2 is 1.91 bits per heavy atom. The summed E-state index contributed by atoms with van der Waals surface area (Å²) in [6, 6.07) is 24.8. The first-order valence-electron chi connectivity index (χ1n) is 11.3. The number of amides is 2. The van der Waals surface area contributed by atoms with Crippen LogP contribution < -0.4 is 15.0 Å². The topological polar surface area (TPSA) is 87.3 Å². The van der Waals surface area contributed by atoms with Crippen LogP contribution in [0, 0.1) is 5.92 Å². The second-order valence-corrected chi connectivity index (χ2v) is 8.50. The Hall–Kier alpha value is -4.13. The number of benzene rings is 3. The van der Waals surface area contributed by atoms with Gasteiger partial charge in [-0.15, -0.1) is 0 Å². The number of aromatic amines is 1. The van der Waals surface area contributed by atoms with Gasteiger partial charge in [0.1, 0.15) is 11.6 Å². The molecule has 7 nitrogen and oxygen atoms in total. The first-order chi connectivity index (χ1) is 16.6. The fourth-order valence-electron chi connectivity index (χ4n) is 4.40. The maximum atomic E-state index is 13.3. The summed E-state index contributed by atoms with van der Waals surface area (Å²) >= 11 is 0. The number of methoxy groups -OCH3 is 1. The van der Waals surface area contributed by atoms with Crippen molar-refractivity contribution in [3.63, 3.8) is 0 Å². The Kier molecular flexibility index (Phi) is 5.99. The fraction of sp³-hybridized carbons (Fsp3) is 0.222. The monoisotopic (exact) mass is 454 g/mol. The number of nitrogens with one attached hydrogen (secondary N) is 2. The van der Waals surface area contributed by atoms with E-state index in [0.29, 0.717) is 24.5 Å². The normalized spacial score (nSPS) is 16.6. The summed E-state index contributed by atoms with van der Waals surface area (Å²) in [6.45, 7) is 0.329. The van der Waals surface area contributed by atoms with E-state index in [4.69, 9.17) is 9.72 Å². The first kappa shape index (κ1) is 21.7. The minimum Gasteiger partial charge on any atom is -0.497 e. The molecular formula is C27H26N4O3. The second kappa shape index (κ2) is 9.39. The lowest BCUT2D eigenvalue weighted by atomic mass is 10.0. The van der Waals surface area contributed by atoms with Crippen molar-refractivity contribution in [2.75, 3.05) is 18.6 Å². The minimum atomic E-state index is -0.443. The van der Waals surface area contributed by atoms with E-state index < -0.39 is 5.92 Å². The third kappa shape index (κ3) is 4.50. The molecule has 3 aromatic carbocycles. The summed E-state index contributed by atoms with van der Waals surface area (Å²) in [5, 5.41) is 3.16. The van der Waals surface area contributed by atoms with Crippen LogP contribution >= 0.6 is 0 Å².